The number of piperidine rings is 1. The van der Waals surface area contributed by atoms with E-state index in [1.807, 2.05) is 12.1 Å². The van der Waals surface area contributed by atoms with Crippen molar-refractivity contribution < 1.29 is 12.8 Å². The van der Waals surface area contributed by atoms with Crippen molar-refractivity contribution in [1.29, 1.82) is 0 Å². The number of aromatic nitrogens is 2. The van der Waals surface area contributed by atoms with Crippen LogP contribution in [-0.2, 0) is 10.0 Å². The van der Waals surface area contributed by atoms with E-state index < -0.39 is 10.0 Å². The second-order valence-electron chi connectivity index (χ2n) is 5.30. The molecule has 1 aliphatic rings. The Kier molecular flexibility index (Phi) is 4.12. The first-order chi connectivity index (χ1) is 10.6. The number of nitrogens with one attached hydrogen (secondary N) is 1. The predicted octanol–water partition coefficient (Wildman–Crippen LogP) is 1.64. The van der Waals surface area contributed by atoms with Crippen LogP contribution in [0.15, 0.2) is 40.0 Å². The van der Waals surface area contributed by atoms with Crippen molar-refractivity contribution in [3.63, 3.8) is 0 Å². The van der Waals surface area contributed by atoms with Crippen molar-refractivity contribution in [1.82, 2.24) is 14.5 Å². The monoisotopic (exact) mass is 322 g/mol. The van der Waals surface area contributed by atoms with Crippen molar-refractivity contribution in [2.45, 2.75) is 30.9 Å². The molecule has 3 heterocycles. The number of nitrogens with zero attached hydrogens (tertiary/aromatic N) is 3. The molecule has 2 aromatic rings. The minimum absolute atomic E-state index is 0.0188. The van der Waals surface area contributed by atoms with E-state index in [1.165, 1.54) is 10.4 Å². The van der Waals surface area contributed by atoms with Crippen molar-refractivity contribution in [2.24, 2.45) is 0 Å². The molecular weight excluding hydrogens is 304 g/mol. The van der Waals surface area contributed by atoms with Crippen LogP contribution >= 0.6 is 0 Å². The molecule has 0 unspecified atom stereocenters. The fourth-order valence-electron chi connectivity index (χ4n) is 2.51. The smallest absolute Gasteiger partial charge is 0.276 e. The van der Waals surface area contributed by atoms with Crippen molar-refractivity contribution >= 4 is 15.8 Å². The summed E-state index contributed by atoms with van der Waals surface area (Å²) >= 11 is 0. The molecule has 0 bridgehead atoms. The number of furan rings is 1. The summed E-state index contributed by atoms with van der Waals surface area (Å²) < 4.78 is 31.6. The maximum atomic E-state index is 12.5. The maximum Gasteiger partial charge on any atom is 0.276 e. The lowest BCUT2D eigenvalue weighted by Gasteiger charge is -2.31. The molecule has 0 aromatic carbocycles. The molecule has 0 spiro atoms. The molecule has 0 amide bonds. The second kappa shape index (κ2) is 6.05. The Morgan fingerprint density at radius 3 is 2.64 bits per heavy atom. The Bertz CT molecular complexity index is 722. The van der Waals surface area contributed by atoms with Crippen LogP contribution in [0, 0.1) is 6.92 Å². The van der Waals surface area contributed by atoms with Gasteiger partial charge in [-0.1, -0.05) is 0 Å². The van der Waals surface area contributed by atoms with Crippen LogP contribution in [0.1, 0.15) is 18.6 Å². The highest BCUT2D eigenvalue weighted by Gasteiger charge is 2.31. The van der Waals surface area contributed by atoms with E-state index in [9.17, 15) is 8.42 Å². The highest BCUT2D eigenvalue weighted by molar-refractivity contribution is 7.89. The summed E-state index contributed by atoms with van der Waals surface area (Å²) in [6.45, 7) is 2.65. The normalized spacial score (nSPS) is 17.5. The van der Waals surface area contributed by atoms with Gasteiger partial charge in [0.1, 0.15) is 11.6 Å². The zero-order chi connectivity index (χ0) is 15.6. The third kappa shape index (κ3) is 3.12. The van der Waals surface area contributed by atoms with E-state index in [2.05, 4.69) is 15.5 Å². The molecule has 1 N–H and O–H groups in total. The highest BCUT2D eigenvalue weighted by Crippen LogP contribution is 2.23. The van der Waals surface area contributed by atoms with Crippen LogP contribution in [0.4, 0.5) is 5.82 Å². The summed E-state index contributed by atoms with van der Waals surface area (Å²) in [5.74, 6) is 1.31. The van der Waals surface area contributed by atoms with Crippen molar-refractivity contribution in [2.75, 3.05) is 18.4 Å². The highest BCUT2D eigenvalue weighted by atomic mass is 32.2. The maximum absolute atomic E-state index is 12.5. The number of hydrogen-bond acceptors (Lipinski definition) is 6. The zero-order valence-electron chi connectivity index (χ0n) is 12.3. The summed E-state index contributed by atoms with van der Waals surface area (Å²) in [7, 11) is -3.53. The fourth-order valence-corrected chi connectivity index (χ4v) is 3.93. The quantitative estimate of drug-likeness (QED) is 0.920. The van der Waals surface area contributed by atoms with Crippen LogP contribution in [0.3, 0.4) is 0 Å². The molecule has 2 aromatic heterocycles. The molecule has 0 radical (unpaired) electrons. The lowest BCUT2D eigenvalue weighted by Crippen LogP contribution is -2.42. The fraction of sp³-hybridized carbons (Fsp3) is 0.429. The summed E-state index contributed by atoms with van der Waals surface area (Å²) in [5, 5.41) is 11.1. The molecule has 22 heavy (non-hydrogen) atoms. The summed E-state index contributed by atoms with van der Waals surface area (Å²) in [5.41, 5.74) is 0. The number of anilines is 1. The molecule has 0 saturated carbocycles. The van der Waals surface area contributed by atoms with Crippen LogP contribution in [0.2, 0.25) is 0 Å². The Morgan fingerprint density at radius 2 is 2.05 bits per heavy atom. The second-order valence-corrected chi connectivity index (χ2v) is 7.17. The molecule has 118 valence electrons. The van der Waals surface area contributed by atoms with Crippen LogP contribution < -0.4 is 5.32 Å². The van der Waals surface area contributed by atoms with E-state index in [1.54, 1.807) is 19.2 Å². The number of aryl methyl sites for hydroxylation is 1. The van der Waals surface area contributed by atoms with Gasteiger partial charge >= 0.3 is 0 Å². The minimum atomic E-state index is -3.53. The van der Waals surface area contributed by atoms with E-state index in [0.29, 0.717) is 24.7 Å². The summed E-state index contributed by atoms with van der Waals surface area (Å²) in [6, 6.07) is 7.03. The largest absolute Gasteiger partial charge is 0.449 e. The van der Waals surface area contributed by atoms with Gasteiger partial charge < -0.3 is 9.73 Å². The van der Waals surface area contributed by atoms with E-state index in [-0.39, 0.29) is 11.1 Å². The molecular formula is C14H18N4O3S. The topological polar surface area (TPSA) is 88.3 Å². The third-order valence-corrected chi connectivity index (χ3v) is 5.46. The Balaban J connectivity index is 1.62. The van der Waals surface area contributed by atoms with E-state index >= 15 is 0 Å². The molecule has 1 saturated heterocycles. The van der Waals surface area contributed by atoms with Gasteiger partial charge in [0.15, 0.2) is 0 Å². The molecule has 8 heteroatoms. The Labute approximate surface area is 129 Å². The first-order valence-corrected chi connectivity index (χ1v) is 8.60. The van der Waals surface area contributed by atoms with Gasteiger partial charge in [0, 0.05) is 25.3 Å². The van der Waals surface area contributed by atoms with Gasteiger partial charge in [-0.25, -0.2) is 8.42 Å². The summed E-state index contributed by atoms with van der Waals surface area (Å²) in [6.07, 6.45) is 3.05. The number of rotatable bonds is 4. The molecule has 0 aliphatic carbocycles. The number of hydrogen-bond donors (Lipinski definition) is 1. The van der Waals surface area contributed by atoms with Gasteiger partial charge in [0.2, 0.25) is 5.09 Å². The molecule has 1 fully saturated rings. The third-order valence-electron chi connectivity index (χ3n) is 3.69. The lowest BCUT2D eigenvalue weighted by molar-refractivity contribution is 0.316. The molecule has 0 atom stereocenters. The molecule has 3 rings (SSSR count). The molecule has 7 nitrogen and oxygen atoms in total. The zero-order valence-corrected chi connectivity index (χ0v) is 13.1. The van der Waals surface area contributed by atoms with E-state index in [4.69, 9.17) is 4.42 Å². The number of sulfonamides is 1. The average molecular weight is 322 g/mol. The van der Waals surface area contributed by atoms with Gasteiger partial charge in [-0.05, 0) is 44.0 Å². The van der Waals surface area contributed by atoms with Crippen LogP contribution in [0.25, 0.3) is 0 Å². The minimum Gasteiger partial charge on any atom is -0.449 e. The van der Waals surface area contributed by atoms with Crippen LogP contribution in [-0.4, -0.2) is 42.1 Å². The van der Waals surface area contributed by atoms with Crippen LogP contribution in [0.5, 0.6) is 0 Å². The van der Waals surface area contributed by atoms with Gasteiger partial charge in [-0.15, -0.1) is 5.10 Å². The summed E-state index contributed by atoms with van der Waals surface area (Å²) in [4.78, 5) is 0. The Morgan fingerprint density at radius 1 is 1.27 bits per heavy atom. The average Bonchev–Trinajstić information content (AvgIpc) is 2.96. The van der Waals surface area contributed by atoms with Crippen molar-refractivity contribution in [3.05, 3.63) is 36.2 Å². The van der Waals surface area contributed by atoms with E-state index in [0.717, 1.165) is 12.8 Å². The lowest BCUT2D eigenvalue weighted by atomic mass is 10.1. The first kappa shape index (κ1) is 15.0. The van der Waals surface area contributed by atoms with Gasteiger partial charge in [-0.2, -0.15) is 9.40 Å². The van der Waals surface area contributed by atoms with Gasteiger partial charge in [0.25, 0.3) is 10.0 Å². The predicted molar refractivity (Wildman–Crippen MR) is 80.9 cm³/mol. The van der Waals surface area contributed by atoms with Crippen molar-refractivity contribution in [3.8, 4) is 0 Å². The molecule has 1 aliphatic heterocycles. The van der Waals surface area contributed by atoms with Gasteiger partial charge in [0.05, 0.1) is 0 Å². The SMILES string of the molecule is Cc1ccc(S(=O)(=O)N2CCC(Nc3cccnn3)CC2)o1. The van der Waals surface area contributed by atoms with Gasteiger partial charge in [-0.3, -0.25) is 0 Å². The standard InChI is InChI=1S/C14H18N4O3S/c1-11-4-5-14(21-11)22(19,20)18-9-6-12(7-10-18)16-13-3-2-8-15-17-13/h2-5,8,12H,6-7,9-10H2,1H3,(H,16,17). The first-order valence-electron chi connectivity index (χ1n) is 7.16. The Hall–Kier alpha value is -1.93.